The Hall–Kier alpha value is -2.32. The fourth-order valence-corrected chi connectivity index (χ4v) is 3.45. The predicted molar refractivity (Wildman–Crippen MR) is 87.2 cm³/mol. The first kappa shape index (κ1) is 19.0. The number of halogens is 2. The Kier molecular flexibility index (Phi) is 6.22. The molecule has 5 nitrogen and oxygen atoms in total. The van der Waals surface area contributed by atoms with Gasteiger partial charge in [0.15, 0.2) is 0 Å². The van der Waals surface area contributed by atoms with Crippen LogP contribution in [0.4, 0.5) is 8.78 Å². The van der Waals surface area contributed by atoms with Crippen LogP contribution in [-0.2, 0) is 26.0 Å². The monoisotopic (exact) mass is 369 g/mol. The highest BCUT2D eigenvalue weighted by atomic mass is 32.2. The highest BCUT2D eigenvalue weighted by Crippen LogP contribution is 2.17. The minimum absolute atomic E-state index is 0.0295. The smallest absolute Gasteiger partial charge is 0.324 e. The van der Waals surface area contributed by atoms with E-state index in [0.717, 1.165) is 12.1 Å². The molecular weight excluding hydrogens is 352 g/mol. The summed E-state index contributed by atoms with van der Waals surface area (Å²) in [4.78, 5) is 11.4. The maximum atomic E-state index is 13.8. The van der Waals surface area contributed by atoms with Crippen molar-refractivity contribution in [2.45, 2.75) is 24.3 Å². The van der Waals surface area contributed by atoms with E-state index >= 15 is 0 Å². The zero-order valence-corrected chi connectivity index (χ0v) is 14.2. The van der Waals surface area contributed by atoms with Crippen LogP contribution in [-0.4, -0.2) is 27.0 Å². The largest absolute Gasteiger partial charge is 0.465 e. The molecule has 2 rings (SSSR count). The van der Waals surface area contributed by atoms with Gasteiger partial charge in [-0.2, -0.15) is 4.72 Å². The number of sulfonamides is 1. The molecule has 1 unspecified atom stereocenters. The molecule has 1 atom stereocenters. The van der Waals surface area contributed by atoms with E-state index in [4.69, 9.17) is 4.74 Å². The van der Waals surface area contributed by atoms with Crippen molar-refractivity contribution in [3.63, 3.8) is 0 Å². The van der Waals surface area contributed by atoms with Crippen LogP contribution in [0.1, 0.15) is 12.5 Å². The van der Waals surface area contributed by atoms with Crippen LogP contribution in [0.3, 0.4) is 0 Å². The fourth-order valence-electron chi connectivity index (χ4n) is 2.21. The predicted octanol–water partition coefficient (Wildman–Crippen LogP) is 2.42. The summed E-state index contributed by atoms with van der Waals surface area (Å²) in [6.07, 6.45) is 0.0295. The number of ether oxygens (including phenoxy) is 1. The van der Waals surface area contributed by atoms with Crippen LogP contribution in [0.25, 0.3) is 0 Å². The van der Waals surface area contributed by atoms with Gasteiger partial charge in [-0.25, -0.2) is 17.2 Å². The first-order valence-electron chi connectivity index (χ1n) is 7.51. The molecule has 2 aromatic rings. The van der Waals surface area contributed by atoms with E-state index in [1.807, 2.05) is 0 Å². The average molecular weight is 369 g/mol. The van der Waals surface area contributed by atoms with Gasteiger partial charge in [-0.15, -0.1) is 0 Å². The molecule has 25 heavy (non-hydrogen) atoms. The summed E-state index contributed by atoms with van der Waals surface area (Å²) in [5.41, 5.74) is 0.697. The number of carbonyl (C=O) groups is 1. The molecule has 0 aromatic heterocycles. The molecule has 134 valence electrons. The van der Waals surface area contributed by atoms with Gasteiger partial charge in [0.25, 0.3) is 0 Å². The zero-order valence-electron chi connectivity index (χ0n) is 13.4. The summed E-state index contributed by atoms with van der Waals surface area (Å²) in [6, 6.07) is 9.56. The maximum absolute atomic E-state index is 13.8. The Morgan fingerprint density at radius 1 is 1.16 bits per heavy atom. The van der Waals surface area contributed by atoms with Crippen molar-refractivity contribution >= 4 is 16.0 Å². The number of nitrogens with one attached hydrogen (secondary N) is 1. The van der Waals surface area contributed by atoms with Gasteiger partial charge in [-0.3, -0.25) is 4.79 Å². The number of hydrogen-bond acceptors (Lipinski definition) is 4. The van der Waals surface area contributed by atoms with Gasteiger partial charge < -0.3 is 4.74 Å². The third kappa shape index (κ3) is 5.07. The highest BCUT2D eigenvalue weighted by Gasteiger charge is 2.29. The summed E-state index contributed by atoms with van der Waals surface area (Å²) in [5.74, 6) is -2.92. The van der Waals surface area contributed by atoms with Crippen molar-refractivity contribution in [1.29, 1.82) is 0 Å². The second-order valence-corrected chi connectivity index (χ2v) is 6.87. The van der Waals surface area contributed by atoms with Gasteiger partial charge in [-0.05, 0) is 31.0 Å². The average Bonchev–Trinajstić information content (AvgIpc) is 2.55. The van der Waals surface area contributed by atoms with Crippen LogP contribution >= 0.6 is 0 Å². The normalized spacial score (nSPS) is 12.6. The van der Waals surface area contributed by atoms with Crippen LogP contribution < -0.4 is 4.72 Å². The molecule has 0 aliphatic heterocycles. The van der Waals surface area contributed by atoms with Crippen LogP contribution in [0.2, 0.25) is 0 Å². The maximum Gasteiger partial charge on any atom is 0.324 e. The van der Waals surface area contributed by atoms with Gasteiger partial charge in [0.05, 0.1) is 6.61 Å². The van der Waals surface area contributed by atoms with E-state index in [1.165, 1.54) is 0 Å². The Balaban J connectivity index is 2.29. The van der Waals surface area contributed by atoms with E-state index in [9.17, 15) is 22.0 Å². The third-order valence-corrected chi connectivity index (χ3v) is 4.84. The van der Waals surface area contributed by atoms with Crippen molar-refractivity contribution in [2.24, 2.45) is 0 Å². The molecule has 2 aromatic carbocycles. The fraction of sp³-hybridized carbons (Fsp3) is 0.235. The lowest BCUT2D eigenvalue weighted by molar-refractivity contribution is -0.145. The van der Waals surface area contributed by atoms with E-state index in [-0.39, 0.29) is 13.0 Å². The second-order valence-electron chi connectivity index (χ2n) is 5.19. The molecule has 0 fully saturated rings. The lowest BCUT2D eigenvalue weighted by atomic mass is 10.1. The SMILES string of the molecule is CCOC(=O)C(Cc1ccccc1)NS(=O)(=O)c1ccc(F)cc1F. The van der Waals surface area contributed by atoms with Crippen LogP contribution in [0.15, 0.2) is 53.4 Å². The Morgan fingerprint density at radius 2 is 1.84 bits per heavy atom. The highest BCUT2D eigenvalue weighted by molar-refractivity contribution is 7.89. The van der Waals surface area contributed by atoms with Gasteiger partial charge in [0.1, 0.15) is 22.6 Å². The van der Waals surface area contributed by atoms with Crippen molar-refractivity contribution in [3.8, 4) is 0 Å². The van der Waals surface area contributed by atoms with Crippen LogP contribution in [0, 0.1) is 11.6 Å². The lowest BCUT2D eigenvalue weighted by Gasteiger charge is -2.18. The number of carbonyl (C=O) groups excluding carboxylic acids is 1. The molecule has 8 heteroatoms. The second kappa shape index (κ2) is 8.17. The molecule has 0 spiro atoms. The Bertz CT molecular complexity index is 841. The minimum atomic E-state index is -4.38. The molecule has 1 N–H and O–H groups in total. The first-order valence-corrected chi connectivity index (χ1v) is 8.99. The molecule has 0 bridgehead atoms. The molecule has 0 aliphatic rings. The van der Waals surface area contributed by atoms with Gasteiger partial charge in [0.2, 0.25) is 10.0 Å². The Morgan fingerprint density at radius 3 is 2.44 bits per heavy atom. The number of hydrogen-bond donors (Lipinski definition) is 1. The van der Waals surface area contributed by atoms with E-state index < -0.39 is 38.6 Å². The molecule has 0 amide bonds. The quantitative estimate of drug-likeness (QED) is 0.761. The van der Waals surface area contributed by atoms with E-state index in [0.29, 0.717) is 11.6 Å². The number of rotatable bonds is 7. The molecule has 0 saturated heterocycles. The lowest BCUT2D eigenvalue weighted by Crippen LogP contribution is -2.43. The van der Waals surface area contributed by atoms with Crippen molar-refractivity contribution in [1.82, 2.24) is 4.72 Å². The molecule has 0 heterocycles. The molecule has 0 aliphatic carbocycles. The van der Waals surface area contributed by atoms with Crippen molar-refractivity contribution < 1.29 is 26.7 Å². The third-order valence-electron chi connectivity index (χ3n) is 3.33. The topological polar surface area (TPSA) is 72.5 Å². The van der Waals surface area contributed by atoms with Gasteiger partial charge >= 0.3 is 5.97 Å². The molecule has 0 saturated carbocycles. The zero-order chi connectivity index (χ0) is 18.4. The minimum Gasteiger partial charge on any atom is -0.465 e. The molecule has 0 radical (unpaired) electrons. The number of benzene rings is 2. The van der Waals surface area contributed by atoms with Gasteiger partial charge in [0, 0.05) is 6.07 Å². The summed E-state index contributed by atoms with van der Waals surface area (Å²) in [6.45, 7) is 1.66. The van der Waals surface area contributed by atoms with E-state index in [2.05, 4.69) is 4.72 Å². The Labute approximate surface area is 144 Å². The summed E-state index contributed by atoms with van der Waals surface area (Å²) < 4.78 is 58.6. The summed E-state index contributed by atoms with van der Waals surface area (Å²) in [7, 11) is -4.38. The standard InChI is InChI=1S/C17H17F2NO4S/c1-2-24-17(21)15(10-12-6-4-3-5-7-12)20-25(22,23)16-9-8-13(18)11-14(16)19/h3-9,11,15,20H,2,10H2,1H3. The summed E-state index contributed by atoms with van der Waals surface area (Å²) in [5, 5.41) is 0. The van der Waals surface area contributed by atoms with Crippen molar-refractivity contribution in [3.05, 3.63) is 65.7 Å². The van der Waals surface area contributed by atoms with Crippen LogP contribution in [0.5, 0.6) is 0 Å². The van der Waals surface area contributed by atoms with E-state index in [1.54, 1.807) is 37.3 Å². The number of esters is 1. The first-order chi connectivity index (χ1) is 11.8. The van der Waals surface area contributed by atoms with Gasteiger partial charge in [-0.1, -0.05) is 30.3 Å². The van der Waals surface area contributed by atoms with Crippen molar-refractivity contribution in [2.75, 3.05) is 6.61 Å². The molecular formula is C17H17F2NO4S. The summed E-state index contributed by atoms with van der Waals surface area (Å²) >= 11 is 0.